The van der Waals surface area contributed by atoms with Crippen molar-refractivity contribution in [3.8, 4) is 0 Å². The second-order valence-corrected chi connectivity index (χ2v) is 5.14. The lowest BCUT2D eigenvalue weighted by molar-refractivity contribution is -0.0198. The molecular formula is C18H23FN4. The third-order valence-corrected chi connectivity index (χ3v) is 3.72. The van der Waals surface area contributed by atoms with Gasteiger partial charge in [0.2, 0.25) is 0 Å². The molecule has 1 unspecified atom stereocenters. The number of hydrazone groups is 1. The number of nitrogen functional groups attached to an aromatic ring is 1. The zero-order chi connectivity index (χ0) is 16.8. The second-order valence-electron chi connectivity index (χ2n) is 5.14. The van der Waals surface area contributed by atoms with Gasteiger partial charge in [0.05, 0.1) is 11.7 Å². The number of anilines is 1. The van der Waals surface area contributed by atoms with E-state index in [1.807, 2.05) is 57.2 Å². The number of halogens is 1. The summed E-state index contributed by atoms with van der Waals surface area (Å²) < 4.78 is 14.3. The fourth-order valence-electron chi connectivity index (χ4n) is 2.54. The molecule has 1 aliphatic rings. The van der Waals surface area contributed by atoms with Gasteiger partial charge in [-0.3, -0.25) is 4.98 Å². The van der Waals surface area contributed by atoms with Gasteiger partial charge < -0.3 is 5.73 Å². The number of rotatable bonds is 2. The van der Waals surface area contributed by atoms with E-state index in [1.54, 1.807) is 6.20 Å². The van der Waals surface area contributed by atoms with E-state index in [2.05, 4.69) is 10.1 Å². The minimum absolute atomic E-state index is 0.270. The molecule has 2 heterocycles. The van der Waals surface area contributed by atoms with Crippen LogP contribution in [0.15, 0.2) is 47.7 Å². The maximum Gasteiger partial charge on any atom is 0.119 e. The van der Waals surface area contributed by atoms with Crippen LogP contribution in [0.25, 0.3) is 0 Å². The third kappa shape index (κ3) is 3.67. The zero-order valence-corrected chi connectivity index (χ0v) is 13.8. The van der Waals surface area contributed by atoms with Crippen molar-refractivity contribution in [2.24, 2.45) is 5.10 Å². The summed E-state index contributed by atoms with van der Waals surface area (Å²) in [6.45, 7) is 5.95. The number of hydrogen-bond acceptors (Lipinski definition) is 4. The van der Waals surface area contributed by atoms with Crippen molar-refractivity contribution in [1.29, 1.82) is 0 Å². The Bertz CT molecular complexity index is 670. The average Bonchev–Trinajstić information content (AvgIpc) is 2.74. The molecular weight excluding hydrogens is 291 g/mol. The van der Waals surface area contributed by atoms with Gasteiger partial charge in [0.15, 0.2) is 0 Å². The highest BCUT2D eigenvalue weighted by Crippen LogP contribution is 2.26. The normalized spacial score (nSPS) is 16.6. The fraction of sp³-hybridized carbons (Fsp3) is 0.333. The number of hydrogen-bond donors (Lipinski definition) is 1. The largest absolute Gasteiger partial charge is 0.399 e. The van der Waals surface area contributed by atoms with Crippen LogP contribution in [0.2, 0.25) is 0 Å². The molecule has 5 heteroatoms. The lowest BCUT2D eigenvalue weighted by Gasteiger charge is -2.17. The first-order chi connectivity index (χ1) is 11.2. The molecule has 4 nitrogen and oxygen atoms in total. The van der Waals surface area contributed by atoms with Gasteiger partial charge in [-0.1, -0.05) is 37.4 Å². The standard InChI is InChI=1S/C16H17FN4.C2H6/c1-2-13-9-11-6-7-12(18)10-14(11)16(20-21(13)17)15-5-3-4-8-19-15;1-2/h3-8,10,13H,2,9,18H2,1H3;1-2H3. The van der Waals surface area contributed by atoms with Crippen molar-refractivity contribution in [2.75, 3.05) is 5.73 Å². The van der Waals surface area contributed by atoms with E-state index in [-0.39, 0.29) is 6.04 Å². The highest BCUT2D eigenvalue weighted by molar-refractivity contribution is 6.13. The van der Waals surface area contributed by atoms with E-state index >= 15 is 0 Å². The Balaban J connectivity index is 0.000000924. The Hall–Kier alpha value is -2.43. The topological polar surface area (TPSA) is 54.5 Å². The molecule has 122 valence electrons. The van der Waals surface area contributed by atoms with Crippen molar-refractivity contribution in [1.82, 2.24) is 10.2 Å². The van der Waals surface area contributed by atoms with Crippen LogP contribution in [0.5, 0.6) is 0 Å². The van der Waals surface area contributed by atoms with E-state index in [0.29, 0.717) is 35.2 Å². The molecule has 0 saturated carbocycles. The van der Waals surface area contributed by atoms with Crippen molar-refractivity contribution in [3.63, 3.8) is 0 Å². The van der Waals surface area contributed by atoms with Gasteiger partial charge in [0, 0.05) is 17.4 Å². The maximum absolute atomic E-state index is 14.3. The van der Waals surface area contributed by atoms with Gasteiger partial charge in [0.1, 0.15) is 5.71 Å². The Morgan fingerprint density at radius 1 is 1.26 bits per heavy atom. The van der Waals surface area contributed by atoms with Gasteiger partial charge in [-0.15, -0.1) is 10.3 Å². The summed E-state index contributed by atoms with van der Waals surface area (Å²) >= 11 is 0. The first-order valence-electron chi connectivity index (χ1n) is 8.03. The number of aromatic nitrogens is 1. The highest BCUT2D eigenvalue weighted by atomic mass is 19.2. The first kappa shape index (κ1) is 16.9. The molecule has 0 saturated heterocycles. The number of nitrogens with two attached hydrogens (primary N) is 1. The van der Waals surface area contributed by atoms with Gasteiger partial charge in [-0.25, -0.2) is 0 Å². The fourth-order valence-corrected chi connectivity index (χ4v) is 2.54. The van der Waals surface area contributed by atoms with Crippen molar-refractivity contribution in [2.45, 2.75) is 39.7 Å². The number of fused-ring (bicyclic) bond motifs is 1. The molecule has 2 N–H and O–H groups in total. The van der Waals surface area contributed by atoms with Crippen LogP contribution in [0.3, 0.4) is 0 Å². The Morgan fingerprint density at radius 3 is 2.70 bits per heavy atom. The quantitative estimate of drug-likeness (QED) is 0.674. The molecule has 3 rings (SSSR count). The minimum Gasteiger partial charge on any atom is -0.399 e. The third-order valence-electron chi connectivity index (χ3n) is 3.72. The van der Waals surface area contributed by atoms with Crippen LogP contribution >= 0.6 is 0 Å². The van der Waals surface area contributed by atoms with Crippen molar-refractivity contribution in [3.05, 3.63) is 59.4 Å². The van der Waals surface area contributed by atoms with E-state index in [0.717, 1.165) is 11.1 Å². The van der Waals surface area contributed by atoms with Crippen LogP contribution in [0.1, 0.15) is 44.0 Å². The summed E-state index contributed by atoms with van der Waals surface area (Å²) in [5, 5.41) is 4.70. The molecule has 0 bridgehead atoms. The predicted molar refractivity (Wildman–Crippen MR) is 92.8 cm³/mol. The summed E-state index contributed by atoms with van der Waals surface area (Å²) in [5.41, 5.74) is 9.59. The molecule has 0 amide bonds. The molecule has 1 atom stereocenters. The highest BCUT2D eigenvalue weighted by Gasteiger charge is 2.25. The first-order valence-corrected chi connectivity index (χ1v) is 8.03. The van der Waals surface area contributed by atoms with Gasteiger partial charge in [-0.05, 0) is 42.7 Å². The molecule has 2 aromatic rings. The average molecular weight is 314 g/mol. The Morgan fingerprint density at radius 2 is 2.04 bits per heavy atom. The van der Waals surface area contributed by atoms with Crippen LogP contribution in [0.4, 0.5) is 10.2 Å². The number of benzene rings is 1. The minimum atomic E-state index is -0.270. The van der Waals surface area contributed by atoms with Gasteiger partial charge in [-0.2, -0.15) is 0 Å². The molecule has 1 aliphatic heterocycles. The predicted octanol–water partition coefficient (Wildman–Crippen LogP) is 3.96. The van der Waals surface area contributed by atoms with Gasteiger partial charge in [0.25, 0.3) is 0 Å². The van der Waals surface area contributed by atoms with Crippen molar-refractivity contribution >= 4 is 11.4 Å². The van der Waals surface area contributed by atoms with Crippen molar-refractivity contribution < 1.29 is 4.48 Å². The van der Waals surface area contributed by atoms with Crippen LogP contribution in [-0.4, -0.2) is 22.0 Å². The lowest BCUT2D eigenvalue weighted by atomic mass is 9.95. The van der Waals surface area contributed by atoms with Crippen LogP contribution in [-0.2, 0) is 6.42 Å². The zero-order valence-electron chi connectivity index (χ0n) is 13.8. The summed E-state index contributed by atoms with van der Waals surface area (Å²) in [5.74, 6) is 0. The van der Waals surface area contributed by atoms with Crippen LogP contribution in [0, 0.1) is 0 Å². The summed E-state index contributed by atoms with van der Waals surface area (Å²) in [6, 6.07) is 10.9. The monoisotopic (exact) mass is 314 g/mol. The molecule has 0 radical (unpaired) electrons. The van der Waals surface area contributed by atoms with E-state index in [1.165, 1.54) is 0 Å². The SMILES string of the molecule is CC.CCC1Cc2ccc(N)cc2C(c2ccccn2)=NN1F. The smallest absolute Gasteiger partial charge is 0.119 e. The van der Waals surface area contributed by atoms with E-state index in [4.69, 9.17) is 5.73 Å². The molecule has 1 aromatic heterocycles. The maximum atomic E-state index is 14.3. The van der Waals surface area contributed by atoms with E-state index < -0.39 is 0 Å². The van der Waals surface area contributed by atoms with Crippen LogP contribution < -0.4 is 5.73 Å². The molecule has 23 heavy (non-hydrogen) atoms. The van der Waals surface area contributed by atoms with E-state index in [9.17, 15) is 4.48 Å². The molecule has 0 aliphatic carbocycles. The van der Waals surface area contributed by atoms with Gasteiger partial charge >= 0.3 is 0 Å². The summed E-state index contributed by atoms with van der Waals surface area (Å²) in [7, 11) is 0. The number of pyridine rings is 1. The number of nitrogens with zero attached hydrogens (tertiary/aromatic N) is 3. The summed E-state index contributed by atoms with van der Waals surface area (Å²) in [4.78, 5) is 4.29. The molecule has 0 fully saturated rings. The Labute approximate surface area is 136 Å². The second kappa shape index (κ2) is 7.72. The molecule has 1 aromatic carbocycles. The lowest BCUT2D eigenvalue weighted by Crippen LogP contribution is -2.24. The summed E-state index contributed by atoms with van der Waals surface area (Å²) in [6.07, 6.45) is 2.95. The Kier molecular flexibility index (Phi) is 5.68. The molecule has 0 spiro atoms.